The standard InChI is InChI=1S/C21H27N5O3/c1-4-19(27)24-10-8-15-14(12-24)21(29)26-18(22-15)11-16(23-26)17-7-5-6-9-25(17)20(28)13(2)3/h4,11,13,17,23H,1,5-10,12H2,2-3H3/t17-/m0/s1. The molecular weight excluding hydrogens is 370 g/mol. The van der Waals surface area contributed by atoms with Crippen LogP contribution in [0, 0.1) is 5.92 Å². The van der Waals surface area contributed by atoms with E-state index in [1.165, 1.54) is 10.6 Å². The highest BCUT2D eigenvalue weighted by Gasteiger charge is 2.31. The van der Waals surface area contributed by atoms with Crippen LogP contribution in [0.5, 0.6) is 0 Å². The number of rotatable bonds is 3. The molecule has 2 aromatic heterocycles. The topological polar surface area (TPSA) is 90.8 Å². The van der Waals surface area contributed by atoms with Gasteiger partial charge in [0.2, 0.25) is 11.8 Å². The first-order chi connectivity index (χ1) is 13.9. The Hall–Kier alpha value is -2.90. The molecule has 1 atom stereocenters. The maximum Gasteiger partial charge on any atom is 0.277 e. The molecule has 2 aromatic rings. The van der Waals surface area contributed by atoms with Gasteiger partial charge in [-0.1, -0.05) is 20.4 Å². The Morgan fingerprint density at radius 3 is 2.83 bits per heavy atom. The van der Waals surface area contributed by atoms with E-state index in [9.17, 15) is 14.4 Å². The van der Waals surface area contributed by atoms with Crippen LogP contribution in [0.25, 0.3) is 5.65 Å². The highest BCUT2D eigenvalue weighted by molar-refractivity contribution is 5.87. The molecular formula is C21H27N5O3. The van der Waals surface area contributed by atoms with Crippen molar-refractivity contribution in [3.8, 4) is 0 Å². The maximum absolute atomic E-state index is 13.1. The summed E-state index contributed by atoms with van der Waals surface area (Å²) in [5, 5.41) is 3.19. The summed E-state index contributed by atoms with van der Waals surface area (Å²) in [6, 6.07) is 1.81. The average molecular weight is 397 g/mol. The molecule has 1 saturated heterocycles. The number of carbonyl (C=O) groups excluding carboxylic acids is 2. The Labute approximate surface area is 169 Å². The van der Waals surface area contributed by atoms with Crippen molar-refractivity contribution in [1.29, 1.82) is 0 Å². The molecule has 0 aromatic carbocycles. The molecule has 0 unspecified atom stereocenters. The van der Waals surface area contributed by atoms with E-state index in [2.05, 4.69) is 16.7 Å². The third kappa shape index (κ3) is 3.36. The second-order valence-corrected chi connectivity index (χ2v) is 8.16. The Kier molecular flexibility index (Phi) is 5.02. The van der Waals surface area contributed by atoms with Gasteiger partial charge in [-0.2, -0.15) is 0 Å². The van der Waals surface area contributed by atoms with E-state index < -0.39 is 0 Å². The van der Waals surface area contributed by atoms with Gasteiger partial charge in [-0.25, -0.2) is 9.50 Å². The number of likely N-dealkylation sites (tertiary alicyclic amines) is 1. The van der Waals surface area contributed by atoms with Crippen LogP contribution in [0.15, 0.2) is 23.5 Å². The summed E-state index contributed by atoms with van der Waals surface area (Å²) < 4.78 is 1.45. The second-order valence-electron chi connectivity index (χ2n) is 8.16. The molecule has 0 saturated carbocycles. The van der Waals surface area contributed by atoms with E-state index in [1.807, 2.05) is 24.8 Å². The number of nitrogens with one attached hydrogen (secondary N) is 1. The van der Waals surface area contributed by atoms with Crippen molar-refractivity contribution in [2.75, 3.05) is 13.1 Å². The summed E-state index contributed by atoms with van der Waals surface area (Å²) in [5.74, 6) is -0.120. The van der Waals surface area contributed by atoms with Crippen molar-refractivity contribution < 1.29 is 9.59 Å². The van der Waals surface area contributed by atoms with Gasteiger partial charge in [-0.3, -0.25) is 19.5 Å². The van der Waals surface area contributed by atoms with E-state index in [0.29, 0.717) is 24.2 Å². The summed E-state index contributed by atoms with van der Waals surface area (Å²) in [7, 11) is 0. The number of aromatic amines is 1. The minimum Gasteiger partial charge on any atom is -0.334 e. The predicted octanol–water partition coefficient (Wildman–Crippen LogP) is 1.80. The lowest BCUT2D eigenvalue weighted by atomic mass is 9.97. The molecule has 4 rings (SSSR count). The van der Waals surface area contributed by atoms with Gasteiger partial charge in [0, 0.05) is 31.5 Å². The molecule has 8 nitrogen and oxygen atoms in total. The van der Waals surface area contributed by atoms with Gasteiger partial charge in [0.25, 0.3) is 5.56 Å². The molecule has 8 heteroatoms. The molecule has 0 radical (unpaired) electrons. The minimum atomic E-state index is -0.185. The lowest BCUT2D eigenvalue weighted by Crippen LogP contribution is -2.41. The zero-order chi connectivity index (χ0) is 20.7. The van der Waals surface area contributed by atoms with Crippen LogP contribution < -0.4 is 5.56 Å². The lowest BCUT2D eigenvalue weighted by molar-refractivity contribution is -0.138. The van der Waals surface area contributed by atoms with Gasteiger partial charge in [-0.15, -0.1) is 0 Å². The highest BCUT2D eigenvalue weighted by Crippen LogP contribution is 2.31. The first-order valence-corrected chi connectivity index (χ1v) is 10.3. The number of amides is 2. The van der Waals surface area contributed by atoms with Gasteiger partial charge in [0.1, 0.15) is 0 Å². The zero-order valence-electron chi connectivity index (χ0n) is 17.0. The smallest absolute Gasteiger partial charge is 0.277 e. The molecule has 0 spiro atoms. The number of H-pyrrole nitrogens is 1. The monoisotopic (exact) mass is 397 g/mol. The summed E-state index contributed by atoms with van der Waals surface area (Å²) in [6.45, 7) is 8.85. The van der Waals surface area contributed by atoms with Crippen LogP contribution in [-0.2, 0) is 22.6 Å². The Bertz CT molecular complexity index is 1030. The third-order valence-electron chi connectivity index (χ3n) is 5.91. The van der Waals surface area contributed by atoms with E-state index in [4.69, 9.17) is 0 Å². The van der Waals surface area contributed by atoms with Crippen molar-refractivity contribution in [1.82, 2.24) is 24.4 Å². The van der Waals surface area contributed by atoms with E-state index in [1.54, 1.807) is 4.90 Å². The molecule has 154 valence electrons. The van der Waals surface area contributed by atoms with Crippen LogP contribution >= 0.6 is 0 Å². The zero-order valence-corrected chi connectivity index (χ0v) is 17.0. The minimum absolute atomic E-state index is 0.0680. The normalized spacial score (nSPS) is 19.5. The summed E-state index contributed by atoms with van der Waals surface area (Å²) in [5.41, 5.74) is 2.50. The molecule has 2 aliphatic rings. The summed E-state index contributed by atoms with van der Waals surface area (Å²) in [6.07, 6.45) is 4.71. The number of nitrogens with zero attached hydrogens (tertiary/aromatic N) is 4. The number of fused-ring (bicyclic) bond motifs is 2. The number of carbonyl (C=O) groups is 2. The Morgan fingerprint density at radius 2 is 2.10 bits per heavy atom. The van der Waals surface area contributed by atoms with Crippen LogP contribution in [0.2, 0.25) is 0 Å². The Balaban J connectivity index is 1.72. The first-order valence-electron chi connectivity index (χ1n) is 10.3. The average Bonchev–Trinajstić information content (AvgIpc) is 3.16. The molecule has 1 fully saturated rings. The first kappa shape index (κ1) is 19.4. The van der Waals surface area contributed by atoms with Crippen molar-refractivity contribution in [3.63, 3.8) is 0 Å². The fraction of sp³-hybridized carbons (Fsp3) is 0.524. The number of hydrogen-bond donors (Lipinski definition) is 1. The van der Waals surface area contributed by atoms with Gasteiger partial charge < -0.3 is 9.80 Å². The van der Waals surface area contributed by atoms with Crippen molar-refractivity contribution in [2.45, 2.75) is 52.1 Å². The van der Waals surface area contributed by atoms with Crippen LogP contribution in [0.4, 0.5) is 0 Å². The maximum atomic E-state index is 13.1. The van der Waals surface area contributed by atoms with E-state index in [0.717, 1.165) is 37.2 Å². The number of hydrogen-bond acceptors (Lipinski definition) is 4. The second kappa shape index (κ2) is 7.50. The lowest BCUT2D eigenvalue weighted by Gasteiger charge is -2.36. The molecule has 4 heterocycles. The third-order valence-corrected chi connectivity index (χ3v) is 5.91. The quantitative estimate of drug-likeness (QED) is 0.800. The Morgan fingerprint density at radius 1 is 1.31 bits per heavy atom. The van der Waals surface area contributed by atoms with Gasteiger partial charge in [0.05, 0.1) is 29.5 Å². The fourth-order valence-electron chi connectivity index (χ4n) is 4.34. The SMILES string of the molecule is C=CC(=O)N1CCc2nc3cc([C@@H]4CCCCN4C(=O)C(C)C)[nH]n3c(=O)c2C1. The number of piperidine rings is 1. The van der Waals surface area contributed by atoms with Crippen LogP contribution in [-0.4, -0.2) is 49.3 Å². The largest absolute Gasteiger partial charge is 0.334 e. The van der Waals surface area contributed by atoms with Crippen molar-refractivity contribution in [2.24, 2.45) is 5.92 Å². The predicted molar refractivity (Wildman–Crippen MR) is 108 cm³/mol. The van der Waals surface area contributed by atoms with Crippen molar-refractivity contribution in [3.05, 3.63) is 46.0 Å². The van der Waals surface area contributed by atoms with E-state index in [-0.39, 0.29) is 35.9 Å². The van der Waals surface area contributed by atoms with Gasteiger partial charge >= 0.3 is 0 Å². The fourth-order valence-corrected chi connectivity index (χ4v) is 4.34. The molecule has 1 N–H and O–H groups in total. The molecule has 2 aliphatic heterocycles. The summed E-state index contributed by atoms with van der Waals surface area (Å²) >= 11 is 0. The van der Waals surface area contributed by atoms with Crippen LogP contribution in [0.3, 0.4) is 0 Å². The summed E-state index contributed by atoms with van der Waals surface area (Å²) in [4.78, 5) is 45.9. The molecule has 0 aliphatic carbocycles. The molecule has 0 bridgehead atoms. The highest BCUT2D eigenvalue weighted by atomic mass is 16.2. The van der Waals surface area contributed by atoms with Crippen LogP contribution in [0.1, 0.15) is 56.1 Å². The van der Waals surface area contributed by atoms with Gasteiger partial charge in [0.15, 0.2) is 5.65 Å². The molecule has 2 amide bonds. The van der Waals surface area contributed by atoms with Crippen molar-refractivity contribution >= 4 is 17.5 Å². The number of aromatic nitrogens is 3. The molecule has 29 heavy (non-hydrogen) atoms. The van der Waals surface area contributed by atoms with Gasteiger partial charge in [-0.05, 0) is 25.3 Å². The van der Waals surface area contributed by atoms with E-state index >= 15 is 0 Å².